The van der Waals surface area contributed by atoms with Crippen molar-refractivity contribution in [3.63, 3.8) is 0 Å². The van der Waals surface area contributed by atoms with Gasteiger partial charge in [-0.05, 0) is 65.5 Å². The molecule has 1 unspecified atom stereocenters. The standard InChI is InChI=1S/C27H26/c1-21-10-8-9-15-26(21)27-20-24(18-22-11-4-2-5-12-22)16-17-25(27)19-23-13-6-3-7-14-23/h2-13,15-17,20,23H,14,18-19H2,1H3. The van der Waals surface area contributed by atoms with Crippen molar-refractivity contribution in [3.05, 3.63) is 119 Å². The van der Waals surface area contributed by atoms with Crippen LogP contribution in [0.5, 0.6) is 0 Å². The van der Waals surface area contributed by atoms with Crippen molar-refractivity contribution in [2.45, 2.75) is 26.2 Å². The third-order valence-corrected chi connectivity index (χ3v) is 5.41. The molecule has 1 atom stereocenters. The van der Waals surface area contributed by atoms with Crippen LogP contribution in [-0.4, -0.2) is 0 Å². The Morgan fingerprint density at radius 3 is 2.37 bits per heavy atom. The summed E-state index contributed by atoms with van der Waals surface area (Å²) in [5, 5.41) is 0. The normalized spacial score (nSPS) is 15.8. The zero-order chi connectivity index (χ0) is 18.5. The van der Waals surface area contributed by atoms with E-state index in [9.17, 15) is 0 Å². The van der Waals surface area contributed by atoms with E-state index in [0.717, 1.165) is 19.3 Å². The minimum absolute atomic E-state index is 0.595. The quantitative estimate of drug-likeness (QED) is 0.468. The van der Waals surface area contributed by atoms with Gasteiger partial charge in [0.1, 0.15) is 0 Å². The van der Waals surface area contributed by atoms with E-state index in [1.54, 1.807) is 0 Å². The second-order valence-electron chi connectivity index (χ2n) is 7.48. The Balaban J connectivity index is 1.71. The summed E-state index contributed by atoms with van der Waals surface area (Å²) in [4.78, 5) is 0. The summed E-state index contributed by atoms with van der Waals surface area (Å²) >= 11 is 0. The molecule has 1 aliphatic rings. The molecule has 0 nitrogen and oxygen atoms in total. The monoisotopic (exact) mass is 350 g/mol. The fourth-order valence-electron chi connectivity index (χ4n) is 3.93. The average molecular weight is 351 g/mol. The Kier molecular flexibility index (Phi) is 5.34. The number of rotatable bonds is 5. The Morgan fingerprint density at radius 2 is 1.59 bits per heavy atom. The summed E-state index contributed by atoms with van der Waals surface area (Å²) in [5.41, 5.74) is 8.28. The van der Waals surface area contributed by atoms with Gasteiger partial charge in [-0.1, -0.05) is 97.1 Å². The van der Waals surface area contributed by atoms with Crippen LogP contribution in [0.3, 0.4) is 0 Å². The van der Waals surface area contributed by atoms with Gasteiger partial charge in [-0.2, -0.15) is 0 Å². The van der Waals surface area contributed by atoms with Crippen LogP contribution in [0.2, 0.25) is 0 Å². The molecule has 27 heavy (non-hydrogen) atoms. The smallest absolute Gasteiger partial charge is 0.00256 e. The van der Waals surface area contributed by atoms with Crippen molar-refractivity contribution in [1.29, 1.82) is 0 Å². The van der Waals surface area contributed by atoms with Gasteiger partial charge in [0, 0.05) is 0 Å². The van der Waals surface area contributed by atoms with Crippen molar-refractivity contribution in [3.8, 4) is 11.1 Å². The minimum Gasteiger partial charge on any atom is -0.0840 e. The first kappa shape index (κ1) is 17.5. The molecule has 134 valence electrons. The van der Waals surface area contributed by atoms with Crippen molar-refractivity contribution < 1.29 is 0 Å². The van der Waals surface area contributed by atoms with Crippen LogP contribution in [0.4, 0.5) is 0 Å². The highest BCUT2D eigenvalue weighted by molar-refractivity contribution is 5.71. The lowest BCUT2D eigenvalue weighted by Crippen LogP contribution is -2.04. The van der Waals surface area contributed by atoms with Gasteiger partial charge in [-0.25, -0.2) is 0 Å². The molecular formula is C27H26. The number of hydrogen-bond donors (Lipinski definition) is 0. The first-order valence-corrected chi connectivity index (χ1v) is 9.84. The third-order valence-electron chi connectivity index (χ3n) is 5.41. The highest BCUT2D eigenvalue weighted by atomic mass is 14.2. The molecule has 0 spiro atoms. The van der Waals surface area contributed by atoms with Crippen LogP contribution in [0, 0.1) is 12.8 Å². The van der Waals surface area contributed by atoms with Crippen LogP contribution in [-0.2, 0) is 12.8 Å². The number of hydrogen-bond acceptors (Lipinski definition) is 0. The van der Waals surface area contributed by atoms with E-state index in [1.165, 1.54) is 33.4 Å². The highest BCUT2D eigenvalue weighted by Gasteiger charge is 2.13. The number of aryl methyl sites for hydroxylation is 1. The predicted octanol–water partition coefficient (Wildman–Crippen LogP) is 6.93. The Bertz CT molecular complexity index is 960. The molecular weight excluding hydrogens is 324 g/mol. The van der Waals surface area contributed by atoms with E-state index in [2.05, 4.69) is 104 Å². The van der Waals surface area contributed by atoms with Crippen molar-refractivity contribution in [2.24, 2.45) is 5.92 Å². The number of allylic oxidation sites excluding steroid dienone is 4. The molecule has 0 heteroatoms. The molecule has 1 aliphatic carbocycles. The maximum Gasteiger partial charge on any atom is -0.00256 e. The van der Waals surface area contributed by atoms with Crippen LogP contribution in [0.15, 0.2) is 97.1 Å². The molecule has 3 aromatic rings. The van der Waals surface area contributed by atoms with E-state index >= 15 is 0 Å². The third kappa shape index (κ3) is 4.28. The van der Waals surface area contributed by atoms with Gasteiger partial charge < -0.3 is 0 Å². The molecule has 0 bridgehead atoms. The summed E-state index contributed by atoms with van der Waals surface area (Å²) in [7, 11) is 0. The van der Waals surface area contributed by atoms with Gasteiger partial charge >= 0.3 is 0 Å². The van der Waals surface area contributed by atoms with Crippen molar-refractivity contribution in [2.75, 3.05) is 0 Å². The predicted molar refractivity (Wildman–Crippen MR) is 116 cm³/mol. The van der Waals surface area contributed by atoms with Crippen LogP contribution in [0.1, 0.15) is 28.7 Å². The molecule has 0 saturated carbocycles. The lowest BCUT2D eigenvalue weighted by atomic mass is 9.86. The topological polar surface area (TPSA) is 0 Å². The highest BCUT2D eigenvalue weighted by Crippen LogP contribution is 2.31. The maximum atomic E-state index is 2.41. The lowest BCUT2D eigenvalue weighted by molar-refractivity contribution is 0.654. The second-order valence-corrected chi connectivity index (χ2v) is 7.48. The first-order valence-electron chi connectivity index (χ1n) is 9.84. The van der Waals surface area contributed by atoms with E-state index in [0.29, 0.717) is 5.92 Å². The second kappa shape index (κ2) is 8.22. The van der Waals surface area contributed by atoms with Gasteiger partial charge in [-0.3, -0.25) is 0 Å². The van der Waals surface area contributed by atoms with Crippen molar-refractivity contribution in [1.82, 2.24) is 0 Å². The molecule has 0 radical (unpaired) electrons. The fourth-order valence-corrected chi connectivity index (χ4v) is 3.93. The molecule has 3 aromatic carbocycles. The molecule has 0 aromatic heterocycles. The summed E-state index contributed by atoms with van der Waals surface area (Å²) in [5.74, 6) is 0.595. The van der Waals surface area contributed by atoms with Gasteiger partial charge in [0.2, 0.25) is 0 Å². The van der Waals surface area contributed by atoms with Gasteiger partial charge in [0.25, 0.3) is 0 Å². The molecule has 0 amide bonds. The molecule has 0 aliphatic heterocycles. The Labute approximate surface area is 162 Å². The van der Waals surface area contributed by atoms with E-state index in [-0.39, 0.29) is 0 Å². The van der Waals surface area contributed by atoms with Crippen LogP contribution in [0.25, 0.3) is 11.1 Å². The number of benzene rings is 3. The Morgan fingerprint density at radius 1 is 0.778 bits per heavy atom. The average Bonchev–Trinajstić information content (AvgIpc) is 2.71. The molecule has 0 N–H and O–H groups in total. The zero-order valence-electron chi connectivity index (χ0n) is 15.9. The maximum absolute atomic E-state index is 2.41. The molecule has 4 rings (SSSR count). The minimum atomic E-state index is 0.595. The summed E-state index contributed by atoms with van der Waals surface area (Å²) in [6.07, 6.45) is 12.2. The lowest BCUT2D eigenvalue weighted by Gasteiger charge is -2.18. The van der Waals surface area contributed by atoms with E-state index in [4.69, 9.17) is 0 Å². The first-order chi connectivity index (χ1) is 13.3. The summed E-state index contributed by atoms with van der Waals surface area (Å²) < 4.78 is 0. The fraction of sp³-hybridized carbons (Fsp3) is 0.185. The van der Waals surface area contributed by atoms with E-state index in [1.807, 2.05) is 0 Å². The summed E-state index contributed by atoms with van der Waals surface area (Å²) in [6, 6.07) is 26.6. The molecule has 0 saturated heterocycles. The summed E-state index contributed by atoms with van der Waals surface area (Å²) in [6.45, 7) is 2.21. The molecule has 0 fully saturated rings. The largest absolute Gasteiger partial charge is 0.0840 e. The molecule has 0 heterocycles. The van der Waals surface area contributed by atoms with Crippen LogP contribution >= 0.6 is 0 Å². The SMILES string of the molecule is Cc1ccccc1-c1cc(Cc2ccccc2)ccc1CC1C=CC=CC1. The zero-order valence-corrected chi connectivity index (χ0v) is 15.9. The van der Waals surface area contributed by atoms with Gasteiger partial charge in [0.15, 0.2) is 0 Å². The van der Waals surface area contributed by atoms with Crippen LogP contribution < -0.4 is 0 Å². The van der Waals surface area contributed by atoms with E-state index < -0.39 is 0 Å². The van der Waals surface area contributed by atoms with Gasteiger partial charge in [0.05, 0.1) is 0 Å². The van der Waals surface area contributed by atoms with Crippen molar-refractivity contribution >= 4 is 0 Å². The van der Waals surface area contributed by atoms with Gasteiger partial charge in [-0.15, -0.1) is 0 Å². The Hall–Kier alpha value is -2.86.